The van der Waals surface area contributed by atoms with Gasteiger partial charge >= 0.3 is 0 Å². The molecule has 1 saturated carbocycles. The summed E-state index contributed by atoms with van der Waals surface area (Å²) >= 11 is 9.64. The van der Waals surface area contributed by atoms with E-state index in [0.717, 1.165) is 11.6 Å². The molecule has 0 bridgehead atoms. The second kappa shape index (κ2) is 6.30. The number of halogens is 2. The van der Waals surface area contributed by atoms with Crippen LogP contribution in [0.3, 0.4) is 0 Å². The zero-order valence-electron chi connectivity index (χ0n) is 11.2. The van der Waals surface area contributed by atoms with Crippen molar-refractivity contribution in [2.24, 2.45) is 0 Å². The van der Waals surface area contributed by atoms with Crippen LogP contribution in [0.2, 0.25) is 5.02 Å². The smallest absolute Gasteiger partial charge is 0.0409 e. The highest BCUT2D eigenvalue weighted by molar-refractivity contribution is 9.10. The van der Waals surface area contributed by atoms with Crippen LogP contribution in [0.1, 0.15) is 29.9 Å². The number of hydrogen-bond donors (Lipinski definition) is 1. The van der Waals surface area contributed by atoms with Crippen molar-refractivity contribution in [1.82, 2.24) is 5.32 Å². The maximum absolute atomic E-state index is 6.00. The van der Waals surface area contributed by atoms with Crippen LogP contribution in [0, 0.1) is 0 Å². The van der Waals surface area contributed by atoms with E-state index in [1.165, 1.54) is 28.4 Å². The monoisotopic (exact) mass is 349 g/mol. The van der Waals surface area contributed by atoms with Crippen LogP contribution in [-0.4, -0.2) is 6.04 Å². The number of hydrogen-bond acceptors (Lipinski definition) is 1. The topological polar surface area (TPSA) is 12.0 Å². The van der Waals surface area contributed by atoms with E-state index < -0.39 is 0 Å². The Morgan fingerprint density at radius 3 is 2.65 bits per heavy atom. The molecule has 0 heterocycles. The van der Waals surface area contributed by atoms with Gasteiger partial charge in [-0.15, -0.1) is 0 Å². The molecule has 0 radical (unpaired) electrons. The van der Waals surface area contributed by atoms with Crippen molar-refractivity contribution in [1.29, 1.82) is 0 Å². The van der Waals surface area contributed by atoms with Crippen molar-refractivity contribution < 1.29 is 0 Å². The van der Waals surface area contributed by atoms with E-state index in [0.29, 0.717) is 12.0 Å². The third-order valence-corrected chi connectivity index (χ3v) is 4.92. The molecule has 1 N–H and O–H groups in total. The van der Waals surface area contributed by atoms with E-state index >= 15 is 0 Å². The summed E-state index contributed by atoms with van der Waals surface area (Å²) in [6.45, 7) is 0.897. The minimum Gasteiger partial charge on any atom is -0.310 e. The summed E-state index contributed by atoms with van der Waals surface area (Å²) in [5.74, 6) is 0.683. The SMILES string of the molecule is Clc1cccc(CNC2CC(c3ccccc3Br)C2)c1. The molecule has 104 valence electrons. The van der Waals surface area contributed by atoms with Crippen molar-refractivity contribution in [3.8, 4) is 0 Å². The fourth-order valence-corrected chi connectivity index (χ4v) is 3.58. The third kappa shape index (κ3) is 3.25. The molecule has 0 saturated heterocycles. The maximum atomic E-state index is 6.00. The van der Waals surface area contributed by atoms with Crippen LogP contribution < -0.4 is 5.32 Å². The molecule has 3 rings (SSSR count). The van der Waals surface area contributed by atoms with Crippen molar-refractivity contribution in [2.45, 2.75) is 31.3 Å². The van der Waals surface area contributed by atoms with E-state index in [9.17, 15) is 0 Å². The first-order chi connectivity index (χ1) is 9.72. The fraction of sp³-hybridized carbons (Fsp3) is 0.294. The van der Waals surface area contributed by atoms with Crippen LogP contribution in [0.25, 0.3) is 0 Å². The minimum atomic E-state index is 0.617. The summed E-state index contributed by atoms with van der Waals surface area (Å²) in [5.41, 5.74) is 2.69. The molecule has 0 spiro atoms. The molecule has 0 aromatic heterocycles. The van der Waals surface area contributed by atoms with E-state index in [-0.39, 0.29) is 0 Å². The van der Waals surface area contributed by atoms with E-state index in [4.69, 9.17) is 11.6 Å². The van der Waals surface area contributed by atoms with Crippen LogP contribution in [-0.2, 0) is 6.54 Å². The van der Waals surface area contributed by atoms with Gasteiger partial charge in [-0.05, 0) is 48.1 Å². The fourth-order valence-electron chi connectivity index (χ4n) is 2.75. The standard InChI is InChI=1S/C17H17BrClN/c18-17-7-2-1-6-16(17)13-9-15(10-13)20-11-12-4-3-5-14(19)8-12/h1-8,13,15,20H,9-11H2. The molecular formula is C17H17BrClN. The Kier molecular flexibility index (Phi) is 4.45. The van der Waals surface area contributed by atoms with Gasteiger partial charge in [0.05, 0.1) is 0 Å². The molecule has 0 unspecified atom stereocenters. The molecule has 1 fully saturated rings. The van der Waals surface area contributed by atoms with Crippen molar-refractivity contribution in [2.75, 3.05) is 0 Å². The first-order valence-corrected chi connectivity index (χ1v) is 8.12. The van der Waals surface area contributed by atoms with Gasteiger partial charge in [-0.1, -0.05) is 57.9 Å². The first kappa shape index (κ1) is 14.1. The molecule has 0 amide bonds. The second-order valence-corrected chi connectivity index (χ2v) is 6.69. The molecular weight excluding hydrogens is 334 g/mol. The first-order valence-electron chi connectivity index (χ1n) is 6.94. The van der Waals surface area contributed by atoms with Crippen molar-refractivity contribution >= 4 is 27.5 Å². The quantitative estimate of drug-likeness (QED) is 0.805. The highest BCUT2D eigenvalue weighted by atomic mass is 79.9. The second-order valence-electron chi connectivity index (χ2n) is 5.40. The van der Waals surface area contributed by atoms with Gasteiger partial charge in [0.15, 0.2) is 0 Å². The van der Waals surface area contributed by atoms with Gasteiger partial charge in [-0.2, -0.15) is 0 Å². The molecule has 0 atom stereocenters. The predicted octanol–water partition coefficient (Wildman–Crippen LogP) is 5.14. The number of nitrogens with one attached hydrogen (secondary N) is 1. The number of benzene rings is 2. The highest BCUT2D eigenvalue weighted by Gasteiger charge is 2.30. The van der Waals surface area contributed by atoms with Gasteiger partial charge < -0.3 is 5.32 Å². The minimum absolute atomic E-state index is 0.617. The Morgan fingerprint density at radius 1 is 1.10 bits per heavy atom. The van der Waals surface area contributed by atoms with Gasteiger partial charge in [-0.25, -0.2) is 0 Å². The van der Waals surface area contributed by atoms with Gasteiger partial charge in [-0.3, -0.25) is 0 Å². The van der Waals surface area contributed by atoms with Gasteiger partial charge in [0.2, 0.25) is 0 Å². The lowest BCUT2D eigenvalue weighted by Gasteiger charge is -2.37. The normalized spacial score (nSPS) is 21.5. The number of rotatable bonds is 4. The molecule has 1 aliphatic rings. The molecule has 0 aliphatic heterocycles. The molecule has 20 heavy (non-hydrogen) atoms. The lowest BCUT2D eigenvalue weighted by atomic mass is 9.76. The molecule has 2 aromatic carbocycles. The van der Waals surface area contributed by atoms with E-state index in [1.807, 2.05) is 18.2 Å². The maximum Gasteiger partial charge on any atom is 0.0409 e. The Bertz CT molecular complexity index is 593. The van der Waals surface area contributed by atoms with Gasteiger partial charge in [0.25, 0.3) is 0 Å². The lowest BCUT2D eigenvalue weighted by Crippen LogP contribution is -2.39. The van der Waals surface area contributed by atoms with Gasteiger partial charge in [0.1, 0.15) is 0 Å². The zero-order valence-corrected chi connectivity index (χ0v) is 13.5. The lowest BCUT2D eigenvalue weighted by molar-refractivity contribution is 0.289. The summed E-state index contributed by atoms with van der Waals surface area (Å²) in [6, 6.07) is 17.2. The summed E-state index contributed by atoms with van der Waals surface area (Å²) < 4.78 is 1.23. The van der Waals surface area contributed by atoms with Crippen LogP contribution in [0.15, 0.2) is 53.0 Å². The van der Waals surface area contributed by atoms with Crippen LogP contribution in [0.5, 0.6) is 0 Å². The zero-order chi connectivity index (χ0) is 13.9. The Morgan fingerprint density at radius 2 is 1.90 bits per heavy atom. The Balaban J connectivity index is 1.50. The summed E-state index contributed by atoms with van der Waals surface area (Å²) in [7, 11) is 0. The molecule has 1 aliphatic carbocycles. The molecule has 2 aromatic rings. The van der Waals surface area contributed by atoms with Crippen molar-refractivity contribution in [3.63, 3.8) is 0 Å². The Hall–Kier alpha value is -0.830. The van der Waals surface area contributed by atoms with E-state index in [2.05, 4.69) is 51.6 Å². The molecule has 3 heteroatoms. The third-order valence-electron chi connectivity index (χ3n) is 3.97. The van der Waals surface area contributed by atoms with Gasteiger partial charge in [0, 0.05) is 22.1 Å². The van der Waals surface area contributed by atoms with Crippen LogP contribution >= 0.6 is 27.5 Å². The highest BCUT2D eigenvalue weighted by Crippen LogP contribution is 2.40. The summed E-state index contributed by atoms with van der Waals surface area (Å²) in [4.78, 5) is 0. The predicted molar refractivity (Wildman–Crippen MR) is 88.2 cm³/mol. The molecule has 1 nitrogen and oxygen atoms in total. The van der Waals surface area contributed by atoms with E-state index in [1.54, 1.807) is 0 Å². The summed E-state index contributed by atoms with van der Waals surface area (Å²) in [6.07, 6.45) is 2.42. The summed E-state index contributed by atoms with van der Waals surface area (Å²) in [5, 5.41) is 4.42. The average molecular weight is 351 g/mol. The van der Waals surface area contributed by atoms with Crippen molar-refractivity contribution in [3.05, 3.63) is 69.2 Å². The Labute approximate surface area is 133 Å². The largest absolute Gasteiger partial charge is 0.310 e. The van der Waals surface area contributed by atoms with Crippen LogP contribution in [0.4, 0.5) is 0 Å². The average Bonchev–Trinajstić information content (AvgIpc) is 2.39.